The molecule has 0 radical (unpaired) electrons. The summed E-state index contributed by atoms with van der Waals surface area (Å²) in [6.45, 7) is 5.76. The van der Waals surface area contributed by atoms with Crippen molar-refractivity contribution in [3.63, 3.8) is 0 Å². The molecule has 1 aliphatic rings. The largest absolute Gasteiger partial charge is 0.619 e. The summed E-state index contributed by atoms with van der Waals surface area (Å²) in [4.78, 5) is 8.27. The Labute approximate surface area is 177 Å². The first-order valence-corrected chi connectivity index (χ1v) is 9.53. The monoisotopic (exact) mass is 436 g/mol. The first-order valence-electron chi connectivity index (χ1n) is 9.53. The van der Waals surface area contributed by atoms with Gasteiger partial charge >= 0.3 is 6.18 Å². The summed E-state index contributed by atoms with van der Waals surface area (Å²) in [6, 6.07) is 2.70. The number of methoxy groups -OCH3 is 1. The lowest BCUT2D eigenvalue weighted by atomic mass is 9.56. The van der Waals surface area contributed by atoms with E-state index in [0.717, 1.165) is 18.5 Å². The molecular weight excluding hydrogens is 413 g/mol. The van der Waals surface area contributed by atoms with Gasteiger partial charge in [0.1, 0.15) is 17.5 Å². The van der Waals surface area contributed by atoms with Gasteiger partial charge in [0.2, 0.25) is 5.95 Å². The zero-order chi connectivity index (χ0) is 23.0. The molecule has 2 unspecified atom stereocenters. The van der Waals surface area contributed by atoms with Crippen molar-refractivity contribution in [2.45, 2.75) is 51.6 Å². The van der Waals surface area contributed by atoms with Crippen LogP contribution in [0.3, 0.4) is 0 Å². The van der Waals surface area contributed by atoms with Crippen molar-refractivity contribution in [3.8, 4) is 6.07 Å². The molecule has 3 rings (SSSR count). The molecule has 0 bridgehead atoms. The number of nitrogens with zero attached hydrogens (tertiary/aromatic N) is 4. The molecule has 1 fully saturated rings. The van der Waals surface area contributed by atoms with E-state index in [4.69, 9.17) is 4.74 Å². The van der Waals surface area contributed by atoms with Crippen LogP contribution in [0.15, 0.2) is 24.7 Å². The van der Waals surface area contributed by atoms with Crippen molar-refractivity contribution in [2.75, 3.05) is 17.7 Å². The molecule has 2 N–H and O–H groups in total. The Morgan fingerprint density at radius 1 is 1.39 bits per heavy atom. The third kappa shape index (κ3) is 4.20. The van der Waals surface area contributed by atoms with Gasteiger partial charge in [-0.15, -0.1) is 0 Å². The Bertz CT molecular complexity index is 1020. The summed E-state index contributed by atoms with van der Waals surface area (Å²) >= 11 is 0. The van der Waals surface area contributed by atoms with E-state index in [-0.39, 0.29) is 46.5 Å². The molecule has 0 amide bonds. The van der Waals surface area contributed by atoms with Gasteiger partial charge in [0.25, 0.3) is 0 Å². The van der Waals surface area contributed by atoms with E-state index in [1.54, 1.807) is 7.11 Å². The summed E-state index contributed by atoms with van der Waals surface area (Å²) in [5, 5.41) is 26.8. The summed E-state index contributed by atoms with van der Waals surface area (Å²) in [5.41, 5.74) is -1.54. The van der Waals surface area contributed by atoms with Crippen LogP contribution in [0.4, 0.5) is 24.9 Å². The van der Waals surface area contributed by atoms with E-state index in [9.17, 15) is 23.6 Å². The lowest BCUT2D eigenvalue weighted by molar-refractivity contribution is -0.606. The molecule has 2 atom stereocenters. The van der Waals surface area contributed by atoms with Gasteiger partial charge in [-0.3, -0.25) is 0 Å². The molecule has 2 aromatic rings. The number of rotatable bonds is 6. The first kappa shape index (κ1) is 22.6. The number of hydrogen-bond donors (Lipinski definition) is 2. The minimum atomic E-state index is -4.60. The zero-order valence-electron chi connectivity index (χ0n) is 17.5. The molecule has 0 aliphatic heterocycles. The van der Waals surface area contributed by atoms with Gasteiger partial charge in [0.05, 0.1) is 17.4 Å². The van der Waals surface area contributed by atoms with Gasteiger partial charge in [-0.25, -0.2) is 4.98 Å². The van der Waals surface area contributed by atoms with Gasteiger partial charge in [-0.2, -0.15) is 28.1 Å². The normalized spacial score (nSPS) is 22.3. The number of ether oxygens (including phenoxy) is 1. The van der Waals surface area contributed by atoms with Crippen LogP contribution in [-0.4, -0.2) is 28.7 Å². The van der Waals surface area contributed by atoms with E-state index in [1.807, 2.05) is 26.8 Å². The first-order chi connectivity index (χ1) is 14.4. The maximum absolute atomic E-state index is 13.2. The van der Waals surface area contributed by atoms with E-state index < -0.39 is 11.7 Å². The highest BCUT2D eigenvalue weighted by Gasteiger charge is 2.58. The second-order valence-electron chi connectivity index (χ2n) is 8.22. The Balaban J connectivity index is 1.80. The van der Waals surface area contributed by atoms with Crippen LogP contribution in [-0.2, 0) is 17.5 Å². The SMILES string of the molecule is COC1(C)CC(Nc2nc(NCc3c[n+]([O-])ccc3C(F)(F)F)ncc2C#N)C1(C)C. The van der Waals surface area contributed by atoms with Crippen molar-refractivity contribution in [2.24, 2.45) is 5.41 Å². The van der Waals surface area contributed by atoms with Gasteiger partial charge in [0.15, 0.2) is 12.4 Å². The number of hydrogen-bond acceptors (Lipinski definition) is 7. The van der Waals surface area contributed by atoms with Crippen molar-refractivity contribution in [3.05, 3.63) is 46.6 Å². The summed E-state index contributed by atoms with van der Waals surface area (Å²) in [5.74, 6) is 0.307. The van der Waals surface area contributed by atoms with Gasteiger partial charge in [-0.1, -0.05) is 13.8 Å². The average Bonchev–Trinajstić information content (AvgIpc) is 2.71. The number of halogens is 3. The third-order valence-corrected chi connectivity index (χ3v) is 6.26. The molecule has 11 heteroatoms. The number of aromatic nitrogens is 3. The van der Waals surface area contributed by atoms with E-state index in [0.29, 0.717) is 11.2 Å². The second kappa shape index (κ2) is 7.85. The fourth-order valence-electron chi connectivity index (χ4n) is 3.66. The fourth-order valence-corrected chi connectivity index (χ4v) is 3.66. The smallest absolute Gasteiger partial charge is 0.417 e. The maximum atomic E-state index is 13.2. The molecule has 8 nitrogen and oxygen atoms in total. The summed E-state index contributed by atoms with van der Waals surface area (Å²) in [7, 11) is 1.65. The zero-order valence-corrected chi connectivity index (χ0v) is 17.5. The maximum Gasteiger partial charge on any atom is 0.417 e. The highest BCUT2D eigenvalue weighted by molar-refractivity contribution is 5.55. The van der Waals surface area contributed by atoms with E-state index in [1.165, 1.54) is 6.20 Å². The fraction of sp³-hybridized carbons (Fsp3) is 0.500. The van der Waals surface area contributed by atoms with E-state index >= 15 is 0 Å². The van der Waals surface area contributed by atoms with Crippen molar-refractivity contribution >= 4 is 11.8 Å². The van der Waals surface area contributed by atoms with Crippen LogP contribution < -0.4 is 15.4 Å². The standard InChI is InChI=1S/C20H23F3N6O2/c1-18(2)15(7-19(18,3)31-4)27-16-12(8-24)9-25-17(28-16)26-10-13-11-29(30)6-5-14(13)20(21,22)23/h5-6,9,11,15H,7,10H2,1-4H3,(H2,25,26,27,28). The highest BCUT2D eigenvalue weighted by Crippen LogP contribution is 2.52. The second-order valence-corrected chi connectivity index (χ2v) is 8.22. The predicted molar refractivity (Wildman–Crippen MR) is 106 cm³/mol. The van der Waals surface area contributed by atoms with Crippen molar-refractivity contribution in [1.29, 1.82) is 5.26 Å². The molecule has 2 heterocycles. The third-order valence-electron chi connectivity index (χ3n) is 6.26. The topological polar surface area (TPSA) is 110 Å². The van der Waals surface area contributed by atoms with Gasteiger partial charge < -0.3 is 20.6 Å². The lowest BCUT2D eigenvalue weighted by Crippen LogP contribution is -2.65. The van der Waals surface area contributed by atoms with Gasteiger partial charge in [0, 0.05) is 36.7 Å². The Kier molecular flexibility index (Phi) is 5.71. The number of pyridine rings is 1. The number of anilines is 2. The molecule has 2 aromatic heterocycles. The average molecular weight is 436 g/mol. The molecule has 31 heavy (non-hydrogen) atoms. The van der Waals surface area contributed by atoms with Crippen LogP contribution in [0.1, 0.15) is 43.9 Å². The van der Waals surface area contributed by atoms with Crippen molar-refractivity contribution < 1.29 is 22.6 Å². The molecule has 0 saturated heterocycles. The van der Waals surface area contributed by atoms with Crippen LogP contribution in [0.5, 0.6) is 0 Å². The molecular formula is C20H23F3N6O2. The van der Waals surface area contributed by atoms with Crippen LogP contribution >= 0.6 is 0 Å². The molecule has 1 aliphatic carbocycles. The number of nitrogens with one attached hydrogen (secondary N) is 2. The van der Waals surface area contributed by atoms with Crippen molar-refractivity contribution in [1.82, 2.24) is 9.97 Å². The predicted octanol–water partition coefficient (Wildman–Crippen LogP) is 3.23. The lowest BCUT2D eigenvalue weighted by Gasteiger charge is -2.59. The molecule has 0 aromatic carbocycles. The van der Waals surface area contributed by atoms with Gasteiger partial charge in [-0.05, 0) is 13.3 Å². The minimum absolute atomic E-state index is 0.0299. The summed E-state index contributed by atoms with van der Waals surface area (Å²) in [6.07, 6.45) is -0.978. The van der Waals surface area contributed by atoms with E-state index in [2.05, 4.69) is 20.6 Å². The molecule has 0 spiro atoms. The molecule has 1 saturated carbocycles. The van der Waals surface area contributed by atoms with Crippen LogP contribution in [0.25, 0.3) is 0 Å². The minimum Gasteiger partial charge on any atom is -0.619 e. The Hall–Kier alpha value is -3.13. The Morgan fingerprint density at radius 3 is 2.68 bits per heavy atom. The number of alkyl halides is 3. The van der Waals surface area contributed by atoms with Crippen LogP contribution in [0, 0.1) is 22.0 Å². The summed E-state index contributed by atoms with van der Waals surface area (Å²) < 4.78 is 45.5. The molecule has 166 valence electrons. The Morgan fingerprint density at radius 2 is 2.10 bits per heavy atom. The highest BCUT2D eigenvalue weighted by atomic mass is 19.4. The number of nitriles is 1. The quantitative estimate of drug-likeness (QED) is 0.528. The van der Waals surface area contributed by atoms with Crippen LogP contribution in [0.2, 0.25) is 0 Å².